The van der Waals surface area contributed by atoms with Crippen molar-refractivity contribution in [3.05, 3.63) is 27.4 Å². The van der Waals surface area contributed by atoms with Gasteiger partial charge in [0.15, 0.2) is 12.0 Å². The lowest BCUT2D eigenvalue weighted by atomic mass is 10.2. The van der Waals surface area contributed by atoms with E-state index in [4.69, 9.17) is 0 Å². The van der Waals surface area contributed by atoms with Crippen molar-refractivity contribution < 1.29 is 23.2 Å². The Morgan fingerprint density at radius 3 is 2.62 bits per heavy atom. The van der Waals surface area contributed by atoms with Gasteiger partial charge in [0.1, 0.15) is 0 Å². The Morgan fingerprint density at radius 1 is 1.62 bits per heavy atom. The van der Waals surface area contributed by atoms with Gasteiger partial charge >= 0.3 is 12.2 Å². The van der Waals surface area contributed by atoms with Gasteiger partial charge in [0, 0.05) is 0 Å². The third-order valence-corrected chi connectivity index (χ3v) is 1.74. The molecule has 86 valence electrons. The summed E-state index contributed by atoms with van der Waals surface area (Å²) in [4.78, 5) is 23.1. The SMILES string of the molecule is COc1c(C=O)cc([N+](=O)[O-])nc1C(F)F. The molecule has 0 aliphatic rings. The molecule has 0 spiro atoms. The van der Waals surface area contributed by atoms with E-state index in [0.717, 1.165) is 13.2 Å². The molecule has 0 saturated heterocycles. The van der Waals surface area contributed by atoms with Crippen molar-refractivity contribution in [2.75, 3.05) is 7.11 Å². The minimum Gasteiger partial charge on any atom is -0.492 e. The zero-order valence-electron chi connectivity index (χ0n) is 8.02. The van der Waals surface area contributed by atoms with Gasteiger partial charge in [-0.3, -0.25) is 4.79 Å². The maximum Gasteiger partial charge on any atom is 0.364 e. The summed E-state index contributed by atoms with van der Waals surface area (Å²) in [6.07, 6.45) is -2.87. The van der Waals surface area contributed by atoms with Crippen LogP contribution in [0.2, 0.25) is 0 Å². The first-order valence-corrected chi connectivity index (χ1v) is 3.98. The lowest BCUT2D eigenvalue weighted by molar-refractivity contribution is -0.389. The number of carbonyl (C=O) groups excluding carboxylic acids is 1. The van der Waals surface area contributed by atoms with Gasteiger partial charge < -0.3 is 14.9 Å². The summed E-state index contributed by atoms with van der Waals surface area (Å²) in [7, 11) is 1.07. The van der Waals surface area contributed by atoms with E-state index in [1.165, 1.54) is 0 Å². The molecule has 1 rings (SSSR count). The van der Waals surface area contributed by atoms with Gasteiger partial charge in [-0.2, -0.15) is 0 Å². The molecule has 1 aromatic heterocycles. The number of hydrogen-bond donors (Lipinski definition) is 0. The number of hydrogen-bond acceptors (Lipinski definition) is 5. The van der Waals surface area contributed by atoms with Gasteiger partial charge in [0.05, 0.1) is 18.7 Å². The maximum atomic E-state index is 12.5. The second kappa shape index (κ2) is 4.60. The molecule has 0 atom stereocenters. The monoisotopic (exact) mass is 232 g/mol. The second-order valence-corrected chi connectivity index (χ2v) is 2.66. The molecule has 0 saturated carbocycles. The molecule has 0 aliphatic heterocycles. The molecular weight excluding hydrogens is 226 g/mol. The smallest absolute Gasteiger partial charge is 0.364 e. The lowest BCUT2D eigenvalue weighted by Gasteiger charge is -2.05. The molecule has 0 bridgehead atoms. The summed E-state index contributed by atoms with van der Waals surface area (Å²) in [5, 5.41) is 10.4. The number of methoxy groups -OCH3 is 1. The molecule has 0 amide bonds. The minimum atomic E-state index is -3.06. The van der Waals surface area contributed by atoms with Crippen LogP contribution in [0.3, 0.4) is 0 Å². The number of carbonyl (C=O) groups is 1. The fraction of sp³-hybridized carbons (Fsp3) is 0.250. The zero-order chi connectivity index (χ0) is 12.3. The molecule has 0 fully saturated rings. The van der Waals surface area contributed by atoms with Crippen LogP contribution in [0.4, 0.5) is 14.6 Å². The highest BCUT2D eigenvalue weighted by molar-refractivity contribution is 5.80. The van der Waals surface area contributed by atoms with Crippen molar-refractivity contribution in [3.63, 3.8) is 0 Å². The molecule has 8 heteroatoms. The summed E-state index contributed by atoms with van der Waals surface area (Å²) >= 11 is 0. The van der Waals surface area contributed by atoms with Crippen molar-refractivity contribution in [1.82, 2.24) is 4.98 Å². The Balaban J connectivity index is 3.49. The highest BCUT2D eigenvalue weighted by Crippen LogP contribution is 2.31. The van der Waals surface area contributed by atoms with Crippen LogP contribution in [0.5, 0.6) is 5.75 Å². The first-order valence-electron chi connectivity index (χ1n) is 3.98. The lowest BCUT2D eigenvalue weighted by Crippen LogP contribution is -2.04. The van der Waals surface area contributed by atoms with Gasteiger partial charge in [-0.15, -0.1) is 0 Å². The quantitative estimate of drug-likeness (QED) is 0.448. The Morgan fingerprint density at radius 2 is 2.25 bits per heavy atom. The molecule has 6 nitrogen and oxygen atoms in total. The van der Waals surface area contributed by atoms with Crippen molar-refractivity contribution >= 4 is 12.1 Å². The first kappa shape index (κ1) is 12.0. The number of aromatic nitrogens is 1. The van der Waals surface area contributed by atoms with Crippen molar-refractivity contribution in [1.29, 1.82) is 0 Å². The number of nitro groups is 1. The van der Waals surface area contributed by atoms with Gasteiger partial charge in [-0.1, -0.05) is 0 Å². The Hall–Kier alpha value is -2.12. The molecule has 0 N–H and O–H groups in total. The average Bonchev–Trinajstić information content (AvgIpc) is 2.26. The normalized spacial score (nSPS) is 10.2. The molecule has 0 aromatic carbocycles. The number of rotatable bonds is 4. The third-order valence-electron chi connectivity index (χ3n) is 1.74. The van der Waals surface area contributed by atoms with Crippen molar-refractivity contribution in [2.24, 2.45) is 0 Å². The Labute approximate surface area is 88.0 Å². The average molecular weight is 232 g/mol. The van der Waals surface area contributed by atoms with Crippen molar-refractivity contribution in [3.8, 4) is 5.75 Å². The van der Waals surface area contributed by atoms with Gasteiger partial charge in [0.25, 0.3) is 5.69 Å². The minimum absolute atomic E-state index is 0.194. The van der Waals surface area contributed by atoms with Gasteiger partial charge in [-0.05, 0) is 9.91 Å². The van der Waals surface area contributed by atoms with Crippen LogP contribution in [-0.4, -0.2) is 23.3 Å². The summed E-state index contributed by atoms with van der Waals surface area (Å²) in [5.41, 5.74) is -1.25. The molecule has 1 aromatic rings. The van der Waals surface area contributed by atoms with Crippen molar-refractivity contribution in [2.45, 2.75) is 6.43 Å². The molecule has 1 heterocycles. The number of nitrogens with zero attached hydrogens (tertiary/aromatic N) is 2. The molecule has 0 radical (unpaired) electrons. The van der Waals surface area contributed by atoms with Crippen LogP contribution in [-0.2, 0) is 0 Å². The highest BCUT2D eigenvalue weighted by Gasteiger charge is 2.27. The number of halogens is 2. The van der Waals surface area contributed by atoms with Crippen LogP contribution in [0, 0.1) is 10.1 Å². The largest absolute Gasteiger partial charge is 0.492 e. The van der Waals surface area contributed by atoms with Gasteiger partial charge in [0.2, 0.25) is 0 Å². The molecular formula is C8H6F2N2O4. The molecule has 0 unspecified atom stereocenters. The van der Waals surface area contributed by atoms with E-state index in [1.807, 2.05) is 0 Å². The molecule has 0 aliphatic carbocycles. The first-order chi connectivity index (χ1) is 7.51. The summed E-state index contributed by atoms with van der Waals surface area (Å²) in [5.74, 6) is -1.27. The third kappa shape index (κ3) is 2.10. The van der Waals surface area contributed by atoms with E-state index in [9.17, 15) is 23.7 Å². The van der Waals surface area contributed by atoms with E-state index in [1.54, 1.807) is 0 Å². The van der Waals surface area contributed by atoms with E-state index in [0.29, 0.717) is 0 Å². The Bertz CT molecular complexity index is 436. The fourth-order valence-corrected chi connectivity index (χ4v) is 1.11. The highest BCUT2D eigenvalue weighted by atomic mass is 19.3. The fourth-order valence-electron chi connectivity index (χ4n) is 1.11. The summed E-state index contributed by atoms with van der Waals surface area (Å²) in [6.45, 7) is 0. The van der Waals surface area contributed by atoms with E-state index in [2.05, 4.69) is 9.72 Å². The van der Waals surface area contributed by atoms with E-state index >= 15 is 0 Å². The van der Waals surface area contributed by atoms with Crippen LogP contribution >= 0.6 is 0 Å². The van der Waals surface area contributed by atoms with E-state index in [-0.39, 0.29) is 11.8 Å². The van der Waals surface area contributed by atoms with Crippen LogP contribution in [0.25, 0.3) is 0 Å². The standard InChI is InChI=1S/C8H6F2N2O4/c1-16-7-4(3-13)2-5(12(14)15)11-6(7)8(9)10/h2-3,8H,1H3. The second-order valence-electron chi connectivity index (χ2n) is 2.66. The van der Waals surface area contributed by atoms with Crippen LogP contribution < -0.4 is 4.74 Å². The van der Waals surface area contributed by atoms with Crippen LogP contribution in [0.1, 0.15) is 22.5 Å². The zero-order valence-corrected chi connectivity index (χ0v) is 8.02. The van der Waals surface area contributed by atoms with Gasteiger partial charge in [-0.25, -0.2) is 8.78 Å². The number of pyridine rings is 1. The topological polar surface area (TPSA) is 82.3 Å². The predicted octanol–water partition coefficient (Wildman–Crippen LogP) is 1.75. The number of aldehydes is 1. The predicted molar refractivity (Wildman–Crippen MR) is 47.8 cm³/mol. The van der Waals surface area contributed by atoms with Crippen LogP contribution in [0.15, 0.2) is 6.07 Å². The number of ether oxygens (including phenoxy) is 1. The molecule has 16 heavy (non-hydrogen) atoms. The van der Waals surface area contributed by atoms with E-state index < -0.39 is 28.6 Å². The maximum absolute atomic E-state index is 12.5. The summed E-state index contributed by atoms with van der Waals surface area (Å²) in [6, 6.07) is 0.776. The Kier molecular flexibility index (Phi) is 3.44. The number of alkyl halides is 2. The summed E-state index contributed by atoms with van der Waals surface area (Å²) < 4.78 is 29.6.